The second kappa shape index (κ2) is 11.1. The average molecular weight is 496 g/mol. The largest absolute Gasteiger partial charge is 0.462 e. The molecule has 0 spiro atoms. The highest BCUT2D eigenvalue weighted by molar-refractivity contribution is 6.00. The minimum atomic E-state index is -0.408. The molecule has 0 aromatic carbocycles. The highest BCUT2D eigenvalue weighted by Crippen LogP contribution is 2.29. The number of rotatable bonds is 6. The lowest BCUT2D eigenvalue weighted by atomic mass is 9.84. The number of nitrogens with zero attached hydrogens (tertiary/aromatic N) is 4. The number of aromatic amines is 1. The van der Waals surface area contributed by atoms with Crippen molar-refractivity contribution in [3.8, 4) is 0 Å². The molecule has 4 rings (SSSR count). The molecule has 1 N–H and O–H groups in total. The second-order valence-electron chi connectivity index (χ2n) is 9.76. The summed E-state index contributed by atoms with van der Waals surface area (Å²) in [7, 11) is 0. The molecule has 2 aromatic heterocycles. The fourth-order valence-electron chi connectivity index (χ4n) is 5.42. The first kappa shape index (κ1) is 25.7. The van der Waals surface area contributed by atoms with E-state index in [2.05, 4.69) is 14.9 Å². The summed E-state index contributed by atoms with van der Waals surface area (Å²) in [6.07, 6.45) is 3.37. The van der Waals surface area contributed by atoms with Crippen LogP contribution in [0.5, 0.6) is 0 Å². The van der Waals surface area contributed by atoms with Gasteiger partial charge in [-0.2, -0.15) is 0 Å². The first-order valence-corrected chi connectivity index (χ1v) is 12.9. The highest BCUT2D eigenvalue weighted by atomic mass is 16.5. The predicted molar refractivity (Wildman–Crippen MR) is 137 cm³/mol. The number of carbonyl (C=O) groups is 3. The van der Waals surface area contributed by atoms with Gasteiger partial charge < -0.3 is 24.4 Å². The van der Waals surface area contributed by atoms with Crippen LogP contribution < -0.4 is 4.90 Å². The number of anilines is 1. The van der Waals surface area contributed by atoms with Crippen molar-refractivity contribution >= 4 is 23.6 Å². The van der Waals surface area contributed by atoms with Gasteiger partial charge in [-0.3, -0.25) is 9.59 Å². The Balaban J connectivity index is 1.30. The fraction of sp³-hybridized carbons (Fsp3) is 0.556. The predicted octanol–water partition coefficient (Wildman–Crippen LogP) is 3.04. The van der Waals surface area contributed by atoms with E-state index in [1.807, 2.05) is 34.9 Å². The number of likely N-dealkylation sites (tertiary alicyclic amines) is 1. The zero-order chi connectivity index (χ0) is 25.8. The number of carbonyl (C=O) groups excluding carboxylic acids is 3. The molecule has 194 valence electrons. The van der Waals surface area contributed by atoms with E-state index in [1.54, 1.807) is 27.0 Å². The standard InChI is InChI=1S/C27H37N5O4/c1-5-36-27(35)23-19(3)24(29-20(23)4)26(34)31-12-9-21(10-13-31)18(2)25(33)32-16-14-30(15-17-32)22-8-6-7-11-28-22/h6-8,11,18,21,29H,5,9-10,12-17H2,1-4H3. The van der Waals surface area contributed by atoms with Crippen molar-refractivity contribution in [2.24, 2.45) is 11.8 Å². The third kappa shape index (κ3) is 5.24. The van der Waals surface area contributed by atoms with Crippen LogP contribution in [-0.2, 0) is 9.53 Å². The summed E-state index contributed by atoms with van der Waals surface area (Å²) in [6, 6.07) is 5.89. The molecular weight excluding hydrogens is 458 g/mol. The summed E-state index contributed by atoms with van der Waals surface area (Å²) in [4.78, 5) is 52.3. The van der Waals surface area contributed by atoms with Gasteiger partial charge in [0.25, 0.3) is 5.91 Å². The van der Waals surface area contributed by atoms with E-state index >= 15 is 0 Å². The lowest BCUT2D eigenvalue weighted by molar-refractivity contribution is -0.137. The number of amides is 2. The summed E-state index contributed by atoms with van der Waals surface area (Å²) < 4.78 is 5.14. The molecule has 2 saturated heterocycles. The van der Waals surface area contributed by atoms with Crippen LogP contribution in [0.1, 0.15) is 58.8 Å². The number of piperidine rings is 1. The number of hydrogen-bond donors (Lipinski definition) is 1. The molecule has 0 radical (unpaired) electrons. The van der Waals surface area contributed by atoms with Gasteiger partial charge in [0.2, 0.25) is 5.91 Å². The number of H-pyrrole nitrogens is 1. The maximum atomic E-state index is 13.2. The van der Waals surface area contributed by atoms with Gasteiger partial charge in [-0.05, 0) is 57.2 Å². The number of aromatic nitrogens is 2. The minimum Gasteiger partial charge on any atom is -0.462 e. The SMILES string of the molecule is CCOC(=O)c1c(C)[nH]c(C(=O)N2CCC(C(C)C(=O)N3CCN(c4ccccn4)CC3)CC2)c1C. The van der Waals surface area contributed by atoms with Crippen molar-refractivity contribution in [3.63, 3.8) is 0 Å². The maximum Gasteiger partial charge on any atom is 0.340 e. The van der Waals surface area contributed by atoms with Crippen LogP contribution in [0.25, 0.3) is 0 Å². The van der Waals surface area contributed by atoms with Crippen molar-refractivity contribution in [1.82, 2.24) is 19.8 Å². The van der Waals surface area contributed by atoms with Crippen LogP contribution in [0, 0.1) is 25.7 Å². The van der Waals surface area contributed by atoms with Gasteiger partial charge in [0.15, 0.2) is 0 Å². The maximum absolute atomic E-state index is 13.2. The van der Waals surface area contributed by atoms with E-state index in [-0.39, 0.29) is 30.3 Å². The number of ether oxygens (including phenoxy) is 1. The summed E-state index contributed by atoms with van der Waals surface area (Å²) in [5, 5.41) is 0. The molecule has 4 heterocycles. The molecule has 2 aliphatic heterocycles. The number of hydrogen-bond acceptors (Lipinski definition) is 6. The smallest absolute Gasteiger partial charge is 0.340 e. The van der Waals surface area contributed by atoms with Gasteiger partial charge in [0.05, 0.1) is 12.2 Å². The Labute approximate surface area is 212 Å². The Morgan fingerprint density at radius 2 is 1.75 bits per heavy atom. The fourth-order valence-corrected chi connectivity index (χ4v) is 5.42. The lowest BCUT2D eigenvalue weighted by Crippen LogP contribution is -2.51. The van der Waals surface area contributed by atoms with Crippen molar-refractivity contribution in [1.29, 1.82) is 0 Å². The van der Waals surface area contributed by atoms with E-state index in [0.717, 1.165) is 31.7 Å². The van der Waals surface area contributed by atoms with Crippen molar-refractivity contribution in [2.45, 2.75) is 40.5 Å². The Hall–Kier alpha value is -3.36. The summed E-state index contributed by atoms with van der Waals surface area (Å²) in [5.74, 6) is 0.821. The normalized spacial score (nSPS) is 17.7. The zero-order valence-corrected chi connectivity index (χ0v) is 21.7. The Morgan fingerprint density at radius 1 is 1.06 bits per heavy atom. The number of piperazine rings is 1. The van der Waals surface area contributed by atoms with Crippen LogP contribution >= 0.6 is 0 Å². The molecule has 9 nitrogen and oxygen atoms in total. The van der Waals surface area contributed by atoms with E-state index in [0.29, 0.717) is 48.7 Å². The summed E-state index contributed by atoms with van der Waals surface area (Å²) >= 11 is 0. The quantitative estimate of drug-likeness (QED) is 0.619. The molecule has 1 unspecified atom stereocenters. The van der Waals surface area contributed by atoms with E-state index in [9.17, 15) is 14.4 Å². The van der Waals surface area contributed by atoms with Crippen molar-refractivity contribution < 1.29 is 19.1 Å². The number of aryl methyl sites for hydroxylation is 1. The number of nitrogens with one attached hydrogen (secondary N) is 1. The van der Waals surface area contributed by atoms with E-state index in [1.165, 1.54) is 0 Å². The summed E-state index contributed by atoms with van der Waals surface area (Å²) in [6.45, 7) is 11.8. The monoisotopic (exact) mass is 495 g/mol. The topological polar surface area (TPSA) is 98.8 Å². The van der Waals surface area contributed by atoms with E-state index in [4.69, 9.17) is 4.74 Å². The van der Waals surface area contributed by atoms with E-state index < -0.39 is 5.97 Å². The Morgan fingerprint density at radius 3 is 2.36 bits per heavy atom. The third-order valence-electron chi connectivity index (χ3n) is 7.62. The van der Waals surface area contributed by atoms with Gasteiger partial charge >= 0.3 is 5.97 Å². The molecule has 36 heavy (non-hydrogen) atoms. The van der Waals surface area contributed by atoms with Crippen LogP contribution in [0.4, 0.5) is 5.82 Å². The van der Waals surface area contributed by atoms with Crippen molar-refractivity contribution in [2.75, 3.05) is 50.8 Å². The molecular formula is C27H37N5O4. The molecule has 0 saturated carbocycles. The van der Waals surface area contributed by atoms with Gasteiger partial charge in [0, 0.05) is 57.1 Å². The van der Waals surface area contributed by atoms with Crippen LogP contribution in [-0.4, -0.2) is 83.4 Å². The molecule has 2 aliphatic rings. The van der Waals surface area contributed by atoms with Gasteiger partial charge in [-0.15, -0.1) is 0 Å². The van der Waals surface area contributed by atoms with Crippen LogP contribution in [0.3, 0.4) is 0 Å². The molecule has 2 fully saturated rings. The molecule has 2 amide bonds. The Bertz CT molecular complexity index is 1080. The average Bonchev–Trinajstić information content (AvgIpc) is 3.21. The lowest BCUT2D eigenvalue weighted by Gasteiger charge is -2.39. The van der Waals surface area contributed by atoms with Gasteiger partial charge in [-0.1, -0.05) is 13.0 Å². The van der Waals surface area contributed by atoms with Crippen molar-refractivity contribution in [3.05, 3.63) is 46.9 Å². The second-order valence-corrected chi connectivity index (χ2v) is 9.76. The minimum absolute atomic E-state index is 0.0754. The third-order valence-corrected chi connectivity index (χ3v) is 7.62. The highest BCUT2D eigenvalue weighted by Gasteiger charge is 2.34. The molecule has 0 bridgehead atoms. The van der Waals surface area contributed by atoms with Crippen LogP contribution in [0.2, 0.25) is 0 Å². The first-order chi connectivity index (χ1) is 17.3. The number of pyridine rings is 1. The Kier molecular flexibility index (Phi) is 7.96. The van der Waals surface area contributed by atoms with Crippen LogP contribution in [0.15, 0.2) is 24.4 Å². The summed E-state index contributed by atoms with van der Waals surface area (Å²) in [5.41, 5.74) is 2.17. The molecule has 2 aromatic rings. The molecule has 1 atom stereocenters. The molecule has 0 aliphatic carbocycles. The van der Waals surface area contributed by atoms with Gasteiger partial charge in [-0.25, -0.2) is 9.78 Å². The molecule has 9 heteroatoms. The van der Waals surface area contributed by atoms with Gasteiger partial charge in [0.1, 0.15) is 11.5 Å². The number of esters is 1. The first-order valence-electron chi connectivity index (χ1n) is 12.9. The zero-order valence-electron chi connectivity index (χ0n) is 21.7.